The Balaban J connectivity index is 2.31. The van der Waals surface area contributed by atoms with Crippen molar-refractivity contribution in [1.82, 2.24) is 0 Å². The molecule has 0 bridgehead atoms. The van der Waals surface area contributed by atoms with Gasteiger partial charge in [-0.1, -0.05) is 29.8 Å². The molecule has 5 heteroatoms. The number of hydrogen-bond donors (Lipinski definition) is 0. The molecular weight excluding hydrogens is 300 g/mol. The molecule has 0 saturated heterocycles. The zero-order chi connectivity index (χ0) is 14.5. The van der Waals surface area contributed by atoms with Crippen LogP contribution in [0.4, 0.5) is 10.1 Å². The minimum Gasteiger partial charge on any atom is -0.307 e. The lowest BCUT2D eigenvalue weighted by Crippen LogP contribution is -2.31. The molecule has 0 aromatic heterocycles. The highest BCUT2D eigenvalue weighted by Crippen LogP contribution is 2.21. The van der Waals surface area contributed by atoms with Crippen molar-refractivity contribution < 1.29 is 9.18 Å². The van der Waals surface area contributed by atoms with Crippen LogP contribution in [0, 0.1) is 5.82 Å². The summed E-state index contributed by atoms with van der Waals surface area (Å²) in [5.41, 5.74) is 1.06. The Labute approximate surface area is 126 Å². The molecule has 2 aromatic carbocycles. The summed E-state index contributed by atoms with van der Waals surface area (Å²) < 4.78 is 13.7. The van der Waals surface area contributed by atoms with E-state index in [1.54, 1.807) is 42.5 Å². The van der Waals surface area contributed by atoms with Crippen molar-refractivity contribution in [2.75, 3.05) is 10.8 Å². The van der Waals surface area contributed by atoms with Crippen LogP contribution >= 0.6 is 23.2 Å². The molecule has 0 N–H and O–H groups in total. The monoisotopic (exact) mass is 311 g/mol. The molecule has 20 heavy (non-hydrogen) atoms. The van der Waals surface area contributed by atoms with Crippen molar-refractivity contribution in [3.8, 4) is 0 Å². The van der Waals surface area contributed by atoms with E-state index in [0.29, 0.717) is 16.3 Å². The first kappa shape index (κ1) is 14.8. The fraction of sp³-hybridized carbons (Fsp3) is 0.133. The molecule has 0 aliphatic heterocycles. The maximum atomic E-state index is 13.7. The van der Waals surface area contributed by atoms with E-state index in [4.69, 9.17) is 23.2 Å². The van der Waals surface area contributed by atoms with Crippen molar-refractivity contribution in [2.24, 2.45) is 0 Å². The number of anilines is 1. The lowest BCUT2D eigenvalue weighted by Gasteiger charge is -2.22. The van der Waals surface area contributed by atoms with Gasteiger partial charge in [0.15, 0.2) is 0 Å². The van der Waals surface area contributed by atoms with Crippen LogP contribution in [0.2, 0.25) is 5.02 Å². The third-order valence-electron chi connectivity index (χ3n) is 2.84. The summed E-state index contributed by atoms with van der Waals surface area (Å²) >= 11 is 11.4. The van der Waals surface area contributed by atoms with E-state index in [2.05, 4.69) is 0 Å². The molecule has 104 valence electrons. The third kappa shape index (κ3) is 3.50. The molecule has 0 radical (unpaired) electrons. The zero-order valence-electron chi connectivity index (χ0n) is 10.5. The fourth-order valence-electron chi connectivity index (χ4n) is 1.81. The van der Waals surface area contributed by atoms with E-state index >= 15 is 0 Å². The van der Waals surface area contributed by atoms with Gasteiger partial charge in [-0.25, -0.2) is 4.39 Å². The highest BCUT2D eigenvalue weighted by atomic mass is 35.5. The van der Waals surface area contributed by atoms with Gasteiger partial charge in [0.2, 0.25) is 5.91 Å². The average molecular weight is 312 g/mol. The van der Waals surface area contributed by atoms with Crippen LogP contribution in [-0.4, -0.2) is 11.8 Å². The molecule has 0 saturated carbocycles. The molecule has 2 aromatic rings. The lowest BCUT2D eigenvalue weighted by molar-refractivity contribution is -0.116. The lowest BCUT2D eigenvalue weighted by atomic mass is 10.2. The molecule has 0 unspecified atom stereocenters. The summed E-state index contributed by atoms with van der Waals surface area (Å²) in [6.07, 6.45) is 0. The maximum Gasteiger partial charge on any atom is 0.242 e. The Morgan fingerprint density at radius 3 is 2.35 bits per heavy atom. The minimum absolute atomic E-state index is 0.125. The van der Waals surface area contributed by atoms with Crippen LogP contribution in [0.5, 0.6) is 0 Å². The first-order chi connectivity index (χ1) is 9.61. The first-order valence-electron chi connectivity index (χ1n) is 5.97. The SMILES string of the molecule is O=C(CCl)N(Cc1ccccc1F)c1ccc(Cl)cc1. The molecule has 0 spiro atoms. The second kappa shape index (κ2) is 6.73. The first-order valence-corrected chi connectivity index (χ1v) is 6.88. The number of amides is 1. The molecule has 0 heterocycles. The summed E-state index contributed by atoms with van der Waals surface area (Å²) in [4.78, 5) is 13.4. The Morgan fingerprint density at radius 2 is 1.75 bits per heavy atom. The quantitative estimate of drug-likeness (QED) is 0.773. The number of rotatable bonds is 4. The van der Waals surface area contributed by atoms with Crippen molar-refractivity contribution in [1.29, 1.82) is 0 Å². The smallest absolute Gasteiger partial charge is 0.242 e. The van der Waals surface area contributed by atoms with E-state index in [1.807, 2.05) is 0 Å². The normalized spacial score (nSPS) is 10.3. The second-order valence-electron chi connectivity index (χ2n) is 4.18. The average Bonchev–Trinajstić information content (AvgIpc) is 2.47. The van der Waals surface area contributed by atoms with E-state index < -0.39 is 0 Å². The van der Waals surface area contributed by atoms with Crippen molar-refractivity contribution in [2.45, 2.75) is 6.54 Å². The highest BCUT2D eigenvalue weighted by molar-refractivity contribution is 6.31. The molecule has 2 rings (SSSR count). The van der Waals surface area contributed by atoms with Gasteiger partial charge in [-0.3, -0.25) is 4.79 Å². The fourth-order valence-corrected chi connectivity index (χ4v) is 2.08. The topological polar surface area (TPSA) is 20.3 Å². The van der Waals surface area contributed by atoms with Crippen molar-refractivity contribution in [3.63, 3.8) is 0 Å². The number of nitrogens with zero attached hydrogens (tertiary/aromatic N) is 1. The number of carbonyl (C=O) groups is 1. The van der Waals surface area contributed by atoms with Crippen LogP contribution in [0.25, 0.3) is 0 Å². The zero-order valence-corrected chi connectivity index (χ0v) is 12.0. The Bertz CT molecular complexity index is 601. The highest BCUT2D eigenvalue weighted by Gasteiger charge is 2.16. The van der Waals surface area contributed by atoms with Crippen LogP contribution in [0.15, 0.2) is 48.5 Å². The third-order valence-corrected chi connectivity index (χ3v) is 3.32. The van der Waals surface area contributed by atoms with Crippen LogP contribution in [0.3, 0.4) is 0 Å². The molecule has 2 nitrogen and oxygen atoms in total. The van der Waals surface area contributed by atoms with Gasteiger partial charge in [-0.2, -0.15) is 0 Å². The van der Waals surface area contributed by atoms with Gasteiger partial charge in [-0.05, 0) is 30.3 Å². The largest absolute Gasteiger partial charge is 0.307 e. The standard InChI is InChI=1S/C15H12Cl2FNO/c16-9-15(20)19(13-7-5-12(17)6-8-13)10-11-3-1-2-4-14(11)18/h1-8H,9-10H2. The van der Waals surface area contributed by atoms with Gasteiger partial charge < -0.3 is 4.90 Å². The number of benzene rings is 2. The number of carbonyl (C=O) groups excluding carboxylic acids is 1. The maximum absolute atomic E-state index is 13.7. The molecular formula is C15H12Cl2FNO. The predicted octanol–water partition coefficient (Wildman–Crippen LogP) is 4.25. The summed E-state index contributed by atoms with van der Waals surface area (Å²) in [6.45, 7) is 0.125. The van der Waals surface area contributed by atoms with Crippen LogP contribution < -0.4 is 4.90 Å². The molecule has 0 aliphatic carbocycles. The number of alkyl halides is 1. The van der Waals surface area contributed by atoms with Gasteiger partial charge >= 0.3 is 0 Å². The Morgan fingerprint density at radius 1 is 1.10 bits per heavy atom. The van der Waals surface area contributed by atoms with E-state index in [9.17, 15) is 9.18 Å². The number of hydrogen-bond acceptors (Lipinski definition) is 1. The summed E-state index contributed by atoms with van der Waals surface area (Å²) in [7, 11) is 0. The van der Waals surface area contributed by atoms with Gasteiger partial charge in [0.1, 0.15) is 11.7 Å². The second-order valence-corrected chi connectivity index (χ2v) is 4.89. The minimum atomic E-state index is -0.353. The Hall–Kier alpha value is -1.58. The van der Waals surface area contributed by atoms with E-state index in [0.717, 1.165) is 0 Å². The molecule has 0 atom stereocenters. The van der Waals surface area contributed by atoms with Crippen LogP contribution in [0.1, 0.15) is 5.56 Å². The van der Waals surface area contributed by atoms with E-state index in [1.165, 1.54) is 11.0 Å². The number of halogens is 3. The van der Waals surface area contributed by atoms with Crippen molar-refractivity contribution >= 4 is 34.8 Å². The van der Waals surface area contributed by atoms with Crippen LogP contribution in [-0.2, 0) is 11.3 Å². The van der Waals surface area contributed by atoms with Gasteiger partial charge in [0.05, 0.1) is 6.54 Å². The van der Waals surface area contributed by atoms with Gasteiger partial charge in [-0.15, -0.1) is 11.6 Å². The molecule has 0 fully saturated rings. The summed E-state index contributed by atoms with van der Waals surface area (Å²) in [6, 6.07) is 13.1. The molecule has 1 amide bonds. The van der Waals surface area contributed by atoms with Crippen molar-refractivity contribution in [3.05, 3.63) is 64.9 Å². The predicted molar refractivity (Wildman–Crippen MR) is 79.8 cm³/mol. The molecule has 0 aliphatic rings. The van der Waals surface area contributed by atoms with Gasteiger partial charge in [0, 0.05) is 16.3 Å². The van der Waals surface area contributed by atoms with Gasteiger partial charge in [0.25, 0.3) is 0 Å². The Kier molecular flexibility index (Phi) is 4.99. The summed E-state index contributed by atoms with van der Waals surface area (Å²) in [5.74, 6) is -0.817. The van der Waals surface area contributed by atoms with E-state index in [-0.39, 0.29) is 24.1 Å². The summed E-state index contributed by atoms with van der Waals surface area (Å²) in [5, 5.41) is 0.568.